The normalized spacial score (nSPS) is 20.8. The van der Waals surface area contributed by atoms with Crippen LogP contribution in [0.15, 0.2) is 72.8 Å². The zero-order valence-electron chi connectivity index (χ0n) is 17.5. The van der Waals surface area contributed by atoms with Crippen LogP contribution in [0.4, 0.5) is 5.69 Å². The highest BCUT2D eigenvalue weighted by atomic mass is 16.5. The summed E-state index contributed by atoms with van der Waals surface area (Å²) < 4.78 is 17.0. The molecule has 3 aromatic carbocycles. The third-order valence-electron chi connectivity index (χ3n) is 5.70. The van der Waals surface area contributed by atoms with Crippen LogP contribution < -0.4 is 30.2 Å². The Morgan fingerprint density at radius 3 is 2.07 bits per heavy atom. The molecule has 0 aliphatic carbocycles. The number of hydrogen-bond donors (Lipinski definition) is 2. The third-order valence-corrected chi connectivity index (χ3v) is 5.70. The van der Waals surface area contributed by atoms with Crippen molar-refractivity contribution in [2.24, 2.45) is 5.73 Å². The van der Waals surface area contributed by atoms with Crippen molar-refractivity contribution in [2.45, 2.75) is 11.7 Å². The smallest absolute Gasteiger partial charge is 0.142 e. The zero-order chi connectivity index (χ0) is 21.1. The Morgan fingerprint density at radius 2 is 1.37 bits per heavy atom. The summed E-state index contributed by atoms with van der Waals surface area (Å²) in [7, 11) is 5.00. The fourth-order valence-electron chi connectivity index (χ4n) is 4.29. The summed E-state index contributed by atoms with van der Waals surface area (Å²) in [5.74, 6) is 2.26. The number of ether oxygens (including phenoxy) is 3. The van der Waals surface area contributed by atoms with E-state index < -0.39 is 5.66 Å². The molecule has 1 heterocycles. The fraction of sp³-hybridized carbons (Fsp3) is 0.250. The molecular formula is C24H27N3O3. The molecule has 1 fully saturated rings. The van der Waals surface area contributed by atoms with Crippen LogP contribution in [-0.2, 0) is 5.66 Å². The van der Waals surface area contributed by atoms with Crippen LogP contribution in [0.5, 0.6) is 17.2 Å². The molecule has 6 nitrogen and oxygen atoms in total. The first-order valence-electron chi connectivity index (χ1n) is 9.84. The first-order chi connectivity index (χ1) is 14.6. The molecule has 1 aliphatic rings. The summed E-state index contributed by atoms with van der Waals surface area (Å²) >= 11 is 0. The van der Waals surface area contributed by atoms with Crippen LogP contribution in [0.3, 0.4) is 0 Å². The van der Waals surface area contributed by atoms with E-state index in [2.05, 4.69) is 10.2 Å². The first-order valence-corrected chi connectivity index (χ1v) is 9.84. The number of hydrogen-bond acceptors (Lipinski definition) is 6. The molecule has 1 saturated heterocycles. The average molecular weight is 405 g/mol. The first kappa shape index (κ1) is 20.1. The standard InChI is InChI=1S/C24H27N3O3/c1-28-20-13-7-4-10-17(20)23-24(25,18-11-5-8-14-21(18)29-2)27(16-26-23)19-12-6-9-15-22(19)30-3/h4-15,23,26H,16,25H2,1-3H3. The number of rotatable bonds is 6. The Kier molecular flexibility index (Phi) is 5.53. The van der Waals surface area contributed by atoms with Gasteiger partial charge in [-0.05, 0) is 24.3 Å². The summed E-state index contributed by atoms with van der Waals surface area (Å²) in [5, 5.41) is 3.60. The van der Waals surface area contributed by atoms with Gasteiger partial charge in [0, 0.05) is 11.1 Å². The van der Waals surface area contributed by atoms with E-state index in [4.69, 9.17) is 19.9 Å². The fourth-order valence-corrected chi connectivity index (χ4v) is 4.29. The molecular weight excluding hydrogens is 378 g/mol. The molecule has 0 aromatic heterocycles. The zero-order valence-corrected chi connectivity index (χ0v) is 17.5. The number of nitrogens with zero attached hydrogens (tertiary/aromatic N) is 1. The van der Waals surface area contributed by atoms with Gasteiger partial charge in [0.25, 0.3) is 0 Å². The van der Waals surface area contributed by atoms with E-state index in [1.54, 1.807) is 21.3 Å². The van der Waals surface area contributed by atoms with E-state index in [1.807, 2.05) is 72.8 Å². The summed E-state index contributed by atoms with van der Waals surface area (Å²) in [4.78, 5) is 2.13. The van der Waals surface area contributed by atoms with E-state index in [1.165, 1.54) is 0 Å². The van der Waals surface area contributed by atoms with Gasteiger partial charge >= 0.3 is 0 Å². The molecule has 2 unspecified atom stereocenters. The van der Waals surface area contributed by atoms with Crippen molar-refractivity contribution < 1.29 is 14.2 Å². The van der Waals surface area contributed by atoms with Crippen molar-refractivity contribution >= 4 is 5.69 Å². The molecule has 0 bridgehead atoms. The van der Waals surface area contributed by atoms with Crippen molar-refractivity contribution in [3.63, 3.8) is 0 Å². The highest BCUT2D eigenvalue weighted by Crippen LogP contribution is 2.48. The maximum atomic E-state index is 7.33. The van der Waals surface area contributed by atoms with Crippen LogP contribution in [0, 0.1) is 0 Å². The molecule has 0 radical (unpaired) electrons. The van der Waals surface area contributed by atoms with E-state index in [0.717, 1.165) is 34.1 Å². The number of para-hydroxylation sites is 4. The summed E-state index contributed by atoms with van der Waals surface area (Å²) in [5.41, 5.74) is 9.12. The van der Waals surface area contributed by atoms with Crippen molar-refractivity contribution in [2.75, 3.05) is 32.9 Å². The van der Waals surface area contributed by atoms with Gasteiger partial charge in [0.1, 0.15) is 22.9 Å². The predicted octanol–water partition coefficient (Wildman–Crippen LogP) is 3.63. The van der Waals surface area contributed by atoms with Gasteiger partial charge < -0.3 is 24.8 Å². The lowest BCUT2D eigenvalue weighted by Gasteiger charge is -2.41. The molecule has 0 amide bonds. The molecule has 1 aliphatic heterocycles. The molecule has 2 atom stereocenters. The maximum absolute atomic E-state index is 7.33. The number of nitrogens with one attached hydrogen (secondary N) is 1. The molecule has 0 saturated carbocycles. The summed E-state index contributed by atoms with van der Waals surface area (Å²) in [6.45, 7) is 0.525. The Morgan fingerprint density at radius 1 is 0.800 bits per heavy atom. The van der Waals surface area contributed by atoms with Crippen LogP contribution in [0.2, 0.25) is 0 Å². The van der Waals surface area contributed by atoms with Gasteiger partial charge in [0.15, 0.2) is 0 Å². The van der Waals surface area contributed by atoms with Crippen molar-refractivity contribution in [1.29, 1.82) is 0 Å². The second-order valence-corrected chi connectivity index (χ2v) is 7.16. The Hall–Kier alpha value is -3.22. The van der Waals surface area contributed by atoms with Gasteiger partial charge in [-0.3, -0.25) is 5.32 Å². The third kappa shape index (κ3) is 3.14. The molecule has 4 rings (SSSR count). The minimum atomic E-state index is -0.962. The molecule has 6 heteroatoms. The van der Waals surface area contributed by atoms with Crippen LogP contribution in [-0.4, -0.2) is 28.0 Å². The minimum absolute atomic E-state index is 0.255. The maximum Gasteiger partial charge on any atom is 0.142 e. The number of benzene rings is 3. The molecule has 3 aromatic rings. The van der Waals surface area contributed by atoms with Gasteiger partial charge in [-0.25, -0.2) is 0 Å². The highest BCUT2D eigenvalue weighted by molar-refractivity contribution is 5.64. The second-order valence-electron chi connectivity index (χ2n) is 7.16. The van der Waals surface area contributed by atoms with Crippen molar-refractivity contribution in [3.05, 3.63) is 83.9 Å². The van der Waals surface area contributed by atoms with Gasteiger partial charge in [0.05, 0.1) is 39.7 Å². The summed E-state index contributed by atoms with van der Waals surface area (Å²) in [6.07, 6.45) is 0. The second kappa shape index (κ2) is 8.26. The highest BCUT2D eigenvalue weighted by Gasteiger charge is 2.51. The molecule has 156 valence electrons. The van der Waals surface area contributed by atoms with E-state index in [0.29, 0.717) is 6.67 Å². The number of methoxy groups -OCH3 is 3. The summed E-state index contributed by atoms with van der Waals surface area (Å²) in [6, 6.07) is 23.4. The topological polar surface area (TPSA) is 69.0 Å². The van der Waals surface area contributed by atoms with Crippen LogP contribution in [0.25, 0.3) is 0 Å². The molecule has 3 N–H and O–H groups in total. The predicted molar refractivity (Wildman–Crippen MR) is 118 cm³/mol. The minimum Gasteiger partial charge on any atom is -0.496 e. The largest absolute Gasteiger partial charge is 0.496 e. The molecule has 0 spiro atoms. The van der Waals surface area contributed by atoms with E-state index in [-0.39, 0.29) is 6.04 Å². The van der Waals surface area contributed by atoms with Crippen molar-refractivity contribution in [1.82, 2.24) is 5.32 Å². The lowest BCUT2D eigenvalue weighted by molar-refractivity contribution is 0.338. The monoisotopic (exact) mass is 405 g/mol. The van der Waals surface area contributed by atoms with Crippen LogP contribution in [0.1, 0.15) is 17.2 Å². The molecule has 30 heavy (non-hydrogen) atoms. The van der Waals surface area contributed by atoms with Gasteiger partial charge in [-0.2, -0.15) is 0 Å². The SMILES string of the molecule is COc1ccccc1C1NCN(c2ccccc2OC)C1(N)c1ccccc1OC. The number of anilines is 1. The lowest BCUT2D eigenvalue weighted by Crippen LogP contribution is -2.53. The Labute approximate surface area is 177 Å². The van der Waals surface area contributed by atoms with Gasteiger partial charge in [-0.1, -0.05) is 48.5 Å². The Bertz CT molecular complexity index is 968. The van der Waals surface area contributed by atoms with E-state index >= 15 is 0 Å². The lowest BCUT2D eigenvalue weighted by atomic mass is 9.86. The Balaban J connectivity index is 1.94. The quantitative estimate of drug-likeness (QED) is 0.653. The van der Waals surface area contributed by atoms with Crippen LogP contribution >= 0.6 is 0 Å². The van der Waals surface area contributed by atoms with Gasteiger partial charge in [-0.15, -0.1) is 0 Å². The van der Waals surface area contributed by atoms with E-state index in [9.17, 15) is 0 Å². The van der Waals surface area contributed by atoms with Crippen molar-refractivity contribution in [3.8, 4) is 17.2 Å². The van der Waals surface area contributed by atoms with Gasteiger partial charge in [0.2, 0.25) is 0 Å². The number of nitrogens with two attached hydrogens (primary N) is 1. The average Bonchev–Trinajstić information content (AvgIpc) is 3.16.